The summed E-state index contributed by atoms with van der Waals surface area (Å²) in [6.07, 6.45) is 0. The minimum Gasteiger partial charge on any atom is -0.466 e. The van der Waals surface area contributed by atoms with E-state index < -0.39 is 17.2 Å². The lowest BCUT2D eigenvalue weighted by Crippen LogP contribution is -2.55. The van der Waals surface area contributed by atoms with Crippen molar-refractivity contribution >= 4 is 5.97 Å². The fourth-order valence-corrected chi connectivity index (χ4v) is 2.33. The second-order valence-electron chi connectivity index (χ2n) is 4.70. The van der Waals surface area contributed by atoms with Gasteiger partial charge in [0.2, 0.25) is 5.67 Å². The minimum atomic E-state index is -3.01. The van der Waals surface area contributed by atoms with Gasteiger partial charge in [-0.3, -0.25) is 0 Å². The van der Waals surface area contributed by atoms with Gasteiger partial charge in [0.25, 0.3) is 5.60 Å². The zero-order valence-corrected chi connectivity index (χ0v) is 11.9. The number of hydrogen-bond donors (Lipinski definition) is 1. The Morgan fingerprint density at radius 1 is 1.09 bits per heavy atom. The molecule has 0 aliphatic heterocycles. The van der Waals surface area contributed by atoms with Crippen molar-refractivity contribution in [2.75, 3.05) is 7.11 Å². The van der Waals surface area contributed by atoms with E-state index in [0.717, 1.165) is 7.11 Å². The lowest BCUT2D eigenvalue weighted by atomic mass is 9.75. The molecule has 0 heterocycles. The van der Waals surface area contributed by atoms with E-state index in [4.69, 9.17) is 0 Å². The summed E-state index contributed by atoms with van der Waals surface area (Å²) in [5.41, 5.74) is -5.81. The molecule has 2 aromatic carbocycles. The number of rotatable bonds is 4. The standard InChI is InChI=1S/C17H14FNO3/c1-22-15(20)16(21,12-19)17(18,13-8-4-2-5-9-13)14-10-6-3-7-11-14/h2-11,21H,1H3. The van der Waals surface area contributed by atoms with Gasteiger partial charge in [0.1, 0.15) is 6.07 Å². The quantitative estimate of drug-likeness (QED) is 0.695. The van der Waals surface area contributed by atoms with Crippen LogP contribution in [-0.4, -0.2) is 23.8 Å². The Hall–Kier alpha value is -2.71. The molecule has 0 aliphatic carbocycles. The zero-order chi connectivity index (χ0) is 16.2. The van der Waals surface area contributed by atoms with Crippen LogP contribution in [0.15, 0.2) is 60.7 Å². The Kier molecular flexibility index (Phi) is 4.25. The third-order valence-electron chi connectivity index (χ3n) is 3.48. The zero-order valence-electron chi connectivity index (χ0n) is 11.9. The fourth-order valence-electron chi connectivity index (χ4n) is 2.33. The number of methoxy groups -OCH3 is 1. The van der Waals surface area contributed by atoms with E-state index in [-0.39, 0.29) is 11.1 Å². The van der Waals surface area contributed by atoms with E-state index >= 15 is 4.39 Å². The number of carbonyl (C=O) groups excluding carboxylic acids is 1. The number of halogens is 1. The molecular weight excluding hydrogens is 285 g/mol. The molecule has 22 heavy (non-hydrogen) atoms. The highest BCUT2D eigenvalue weighted by Crippen LogP contribution is 2.43. The van der Waals surface area contributed by atoms with Crippen molar-refractivity contribution in [1.29, 1.82) is 5.26 Å². The first kappa shape index (κ1) is 15.7. The maximum atomic E-state index is 16.0. The fraction of sp³-hybridized carbons (Fsp3) is 0.176. The lowest BCUT2D eigenvalue weighted by molar-refractivity contribution is -0.168. The van der Waals surface area contributed by atoms with Crippen LogP contribution < -0.4 is 0 Å². The van der Waals surface area contributed by atoms with Gasteiger partial charge in [-0.25, -0.2) is 9.18 Å². The smallest absolute Gasteiger partial charge is 0.357 e. The van der Waals surface area contributed by atoms with Gasteiger partial charge < -0.3 is 9.84 Å². The van der Waals surface area contributed by atoms with Gasteiger partial charge in [0.15, 0.2) is 0 Å². The number of benzene rings is 2. The first-order valence-electron chi connectivity index (χ1n) is 6.52. The Bertz CT molecular complexity index is 657. The molecule has 5 heteroatoms. The molecule has 112 valence electrons. The van der Waals surface area contributed by atoms with E-state index in [0.29, 0.717) is 0 Å². The largest absolute Gasteiger partial charge is 0.466 e. The van der Waals surface area contributed by atoms with Crippen LogP contribution in [0, 0.1) is 11.3 Å². The molecule has 2 aromatic rings. The summed E-state index contributed by atoms with van der Waals surface area (Å²) in [5, 5.41) is 19.8. The maximum Gasteiger partial charge on any atom is 0.357 e. The third kappa shape index (κ3) is 2.24. The van der Waals surface area contributed by atoms with Crippen molar-refractivity contribution in [2.45, 2.75) is 11.3 Å². The van der Waals surface area contributed by atoms with E-state index in [1.54, 1.807) is 36.4 Å². The molecule has 0 spiro atoms. The Morgan fingerprint density at radius 2 is 1.50 bits per heavy atom. The van der Waals surface area contributed by atoms with Gasteiger partial charge in [-0.05, 0) is 11.1 Å². The van der Waals surface area contributed by atoms with Crippen molar-refractivity contribution in [3.8, 4) is 6.07 Å². The molecule has 1 atom stereocenters. The van der Waals surface area contributed by atoms with E-state index in [1.165, 1.54) is 30.3 Å². The van der Waals surface area contributed by atoms with Crippen LogP contribution in [-0.2, 0) is 15.2 Å². The van der Waals surface area contributed by atoms with Crippen molar-refractivity contribution in [3.05, 3.63) is 71.8 Å². The van der Waals surface area contributed by atoms with Gasteiger partial charge in [0, 0.05) is 0 Å². The Labute approximate surface area is 127 Å². The highest BCUT2D eigenvalue weighted by Gasteiger charge is 2.61. The number of alkyl halides is 1. The predicted octanol–water partition coefficient (Wildman–Crippen LogP) is 2.33. The molecule has 0 bridgehead atoms. The summed E-state index contributed by atoms with van der Waals surface area (Å²) in [7, 11) is 0.987. The molecule has 2 rings (SSSR count). The van der Waals surface area contributed by atoms with Crippen LogP contribution in [0.3, 0.4) is 0 Å². The molecular formula is C17H14FNO3. The first-order chi connectivity index (χ1) is 10.5. The minimum absolute atomic E-state index is 0.0179. The highest BCUT2D eigenvalue weighted by molar-refractivity contribution is 5.86. The van der Waals surface area contributed by atoms with Gasteiger partial charge in [-0.2, -0.15) is 5.26 Å². The monoisotopic (exact) mass is 299 g/mol. The van der Waals surface area contributed by atoms with Gasteiger partial charge in [-0.1, -0.05) is 60.7 Å². The average molecular weight is 299 g/mol. The molecule has 0 aliphatic rings. The van der Waals surface area contributed by atoms with Crippen molar-refractivity contribution in [2.24, 2.45) is 0 Å². The predicted molar refractivity (Wildman–Crippen MR) is 77.4 cm³/mol. The molecule has 4 nitrogen and oxygen atoms in total. The van der Waals surface area contributed by atoms with E-state index in [1.807, 2.05) is 0 Å². The summed E-state index contributed by atoms with van der Waals surface area (Å²) < 4.78 is 20.4. The first-order valence-corrected chi connectivity index (χ1v) is 6.52. The molecule has 0 amide bonds. The lowest BCUT2D eigenvalue weighted by Gasteiger charge is -2.35. The van der Waals surface area contributed by atoms with Gasteiger partial charge >= 0.3 is 5.97 Å². The number of esters is 1. The van der Waals surface area contributed by atoms with Crippen LogP contribution in [0.5, 0.6) is 0 Å². The molecule has 0 fully saturated rings. The summed E-state index contributed by atoms with van der Waals surface area (Å²) in [6.45, 7) is 0. The van der Waals surface area contributed by atoms with Crippen LogP contribution in [0.25, 0.3) is 0 Å². The second-order valence-corrected chi connectivity index (χ2v) is 4.70. The number of nitriles is 1. The number of hydrogen-bond acceptors (Lipinski definition) is 4. The molecule has 0 saturated heterocycles. The molecule has 0 aromatic heterocycles. The van der Waals surface area contributed by atoms with E-state index in [9.17, 15) is 15.2 Å². The number of ether oxygens (including phenoxy) is 1. The number of carbonyl (C=O) groups is 1. The topological polar surface area (TPSA) is 70.3 Å². The Morgan fingerprint density at radius 3 is 1.82 bits per heavy atom. The van der Waals surface area contributed by atoms with Gasteiger partial charge in [0.05, 0.1) is 7.11 Å². The third-order valence-corrected chi connectivity index (χ3v) is 3.48. The molecule has 0 saturated carbocycles. The molecule has 1 N–H and O–H groups in total. The van der Waals surface area contributed by atoms with Crippen LogP contribution in [0.1, 0.15) is 11.1 Å². The molecule has 0 radical (unpaired) electrons. The normalized spacial score (nSPS) is 13.7. The summed E-state index contributed by atoms with van der Waals surface area (Å²) in [5.74, 6) is -1.36. The van der Waals surface area contributed by atoms with Crippen molar-refractivity contribution in [1.82, 2.24) is 0 Å². The summed E-state index contributed by atoms with van der Waals surface area (Å²) >= 11 is 0. The van der Waals surface area contributed by atoms with E-state index in [2.05, 4.69) is 4.74 Å². The average Bonchev–Trinajstić information content (AvgIpc) is 2.60. The summed E-state index contributed by atoms with van der Waals surface area (Å²) in [6, 6.07) is 16.5. The SMILES string of the molecule is COC(=O)C(O)(C#N)C(F)(c1ccccc1)c1ccccc1. The summed E-state index contributed by atoms with van der Waals surface area (Å²) in [4.78, 5) is 11.9. The van der Waals surface area contributed by atoms with Crippen LogP contribution in [0.2, 0.25) is 0 Å². The van der Waals surface area contributed by atoms with Crippen LogP contribution >= 0.6 is 0 Å². The van der Waals surface area contributed by atoms with Crippen LogP contribution in [0.4, 0.5) is 4.39 Å². The van der Waals surface area contributed by atoms with Gasteiger partial charge in [-0.15, -0.1) is 0 Å². The Balaban J connectivity index is 2.77. The van der Waals surface area contributed by atoms with Crippen molar-refractivity contribution in [3.63, 3.8) is 0 Å². The van der Waals surface area contributed by atoms with Crippen molar-refractivity contribution < 1.29 is 19.0 Å². The second kappa shape index (κ2) is 5.96. The molecule has 1 unspecified atom stereocenters. The maximum absolute atomic E-state index is 16.0. The highest BCUT2D eigenvalue weighted by atomic mass is 19.1. The number of aliphatic hydroxyl groups is 1. The number of nitrogens with zero attached hydrogens (tertiary/aromatic N) is 1.